The van der Waals surface area contributed by atoms with E-state index in [0.717, 1.165) is 22.8 Å². The molecule has 0 fully saturated rings. The van der Waals surface area contributed by atoms with Gasteiger partial charge in [-0.25, -0.2) is 8.78 Å². The van der Waals surface area contributed by atoms with E-state index < -0.39 is 34.6 Å². The average Bonchev–Trinajstić information content (AvgIpc) is 2.87. The zero-order valence-corrected chi connectivity index (χ0v) is 24.0. The molecule has 41 heavy (non-hydrogen) atoms. The van der Waals surface area contributed by atoms with Crippen LogP contribution in [0.2, 0.25) is 0 Å². The lowest BCUT2D eigenvalue weighted by atomic mass is 10.0. The number of anilines is 1. The van der Waals surface area contributed by atoms with Crippen LogP contribution in [-0.2, 0) is 9.53 Å². The van der Waals surface area contributed by atoms with Crippen molar-refractivity contribution in [2.45, 2.75) is 59.1 Å². The third-order valence-electron chi connectivity index (χ3n) is 6.02. The second kappa shape index (κ2) is 13.5. The molecule has 2 aromatic carbocycles. The maximum Gasteiger partial charge on any atom is 0.323 e. The van der Waals surface area contributed by atoms with Crippen molar-refractivity contribution in [2.24, 2.45) is 5.92 Å². The average molecular weight is 570 g/mol. The Labute approximate surface area is 238 Å². The smallest absolute Gasteiger partial charge is 0.323 e. The zero-order chi connectivity index (χ0) is 30.3. The van der Waals surface area contributed by atoms with Gasteiger partial charge >= 0.3 is 5.97 Å². The number of nitrogens with one attached hydrogen (secondary N) is 1. The van der Waals surface area contributed by atoms with E-state index in [1.165, 1.54) is 6.07 Å². The number of carbonyl (C=O) groups is 2. The summed E-state index contributed by atoms with van der Waals surface area (Å²) in [6, 6.07) is 11.1. The van der Waals surface area contributed by atoms with Crippen molar-refractivity contribution in [3.8, 4) is 11.4 Å². The fraction of sp³-hybridized carbons (Fsp3) is 0.387. The summed E-state index contributed by atoms with van der Waals surface area (Å²) < 4.78 is 39.9. The summed E-state index contributed by atoms with van der Waals surface area (Å²) in [6.45, 7) is 10.5. The molecule has 0 radical (unpaired) electrons. The highest BCUT2D eigenvalue weighted by atomic mass is 19.1. The molecule has 0 bridgehead atoms. The van der Waals surface area contributed by atoms with Crippen LogP contribution in [0.3, 0.4) is 0 Å². The number of nitrogen functional groups attached to an aromatic ring is 1. The van der Waals surface area contributed by atoms with E-state index in [2.05, 4.69) is 5.32 Å². The van der Waals surface area contributed by atoms with Gasteiger partial charge in [0.25, 0.3) is 5.56 Å². The Bertz CT molecular complexity index is 1430. The summed E-state index contributed by atoms with van der Waals surface area (Å²) in [4.78, 5) is 38.1. The van der Waals surface area contributed by atoms with Crippen molar-refractivity contribution in [1.82, 2.24) is 9.88 Å². The second-order valence-electron chi connectivity index (χ2n) is 11.1. The van der Waals surface area contributed by atoms with Gasteiger partial charge < -0.3 is 20.5 Å². The summed E-state index contributed by atoms with van der Waals surface area (Å²) in [5.74, 6) is -2.19. The van der Waals surface area contributed by atoms with Crippen LogP contribution in [0, 0.1) is 17.6 Å². The monoisotopic (exact) mass is 569 g/mol. The number of rotatable bonds is 12. The molecule has 3 aromatic rings. The van der Waals surface area contributed by atoms with E-state index in [1.54, 1.807) is 24.3 Å². The molecule has 10 heteroatoms. The van der Waals surface area contributed by atoms with E-state index >= 15 is 0 Å². The third kappa shape index (κ3) is 8.72. The minimum atomic E-state index is -1.02. The van der Waals surface area contributed by atoms with Crippen LogP contribution < -0.4 is 21.3 Å². The van der Waals surface area contributed by atoms with Crippen molar-refractivity contribution in [3.05, 3.63) is 87.7 Å². The summed E-state index contributed by atoms with van der Waals surface area (Å²) in [7, 11) is 0. The first-order valence-corrected chi connectivity index (χ1v) is 13.5. The van der Waals surface area contributed by atoms with Gasteiger partial charge in [0.1, 0.15) is 34.8 Å². The quantitative estimate of drug-likeness (QED) is 0.178. The number of hydrogen-bond donors (Lipinski definition) is 2. The van der Waals surface area contributed by atoms with Crippen LogP contribution in [-0.4, -0.2) is 41.1 Å². The summed E-state index contributed by atoms with van der Waals surface area (Å²) in [5.41, 5.74) is 5.05. The van der Waals surface area contributed by atoms with E-state index in [9.17, 15) is 23.2 Å². The highest BCUT2D eigenvalue weighted by Crippen LogP contribution is 2.22. The SMILES string of the molecule is CC(C)C[C@H](NCCCOc1ccc(-n2c(N)c(C(=O)c3ccc(F)cc3F)ccc2=O)cc1)C(=O)OC(C)(C)C. The van der Waals surface area contributed by atoms with E-state index in [-0.39, 0.29) is 22.9 Å². The number of nitrogens with zero attached hydrogens (tertiary/aromatic N) is 1. The standard InChI is InChI=1S/C31H37F2N3O5/c1-19(2)17-26(30(39)41-31(3,4)5)35-15-6-16-40-22-10-8-21(9-11-22)36-27(37)14-13-24(29(36)34)28(38)23-12-7-20(32)18-25(23)33/h7-14,18-19,26,35H,6,15-17,34H2,1-5H3/t26-/m0/s1. The summed E-state index contributed by atoms with van der Waals surface area (Å²) >= 11 is 0. The third-order valence-corrected chi connectivity index (χ3v) is 6.02. The number of esters is 1. The Morgan fingerprint density at radius 3 is 2.27 bits per heavy atom. The van der Waals surface area contributed by atoms with Crippen LogP contribution in [0.5, 0.6) is 5.75 Å². The number of nitrogens with two attached hydrogens (primary N) is 1. The number of aromatic nitrogens is 1. The largest absolute Gasteiger partial charge is 0.494 e. The molecule has 1 heterocycles. The Morgan fingerprint density at radius 2 is 1.66 bits per heavy atom. The molecule has 8 nitrogen and oxygen atoms in total. The van der Waals surface area contributed by atoms with Crippen LogP contribution in [0.4, 0.5) is 14.6 Å². The van der Waals surface area contributed by atoms with Crippen LogP contribution in [0.1, 0.15) is 63.4 Å². The molecule has 1 aromatic heterocycles. The number of ether oxygens (including phenoxy) is 2. The first-order valence-electron chi connectivity index (χ1n) is 13.5. The normalized spacial score (nSPS) is 12.3. The van der Waals surface area contributed by atoms with Crippen LogP contribution >= 0.6 is 0 Å². The molecule has 0 aliphatic rings. The zero-order valence-electron chi connectivity index (χ0n) is 24.0. The van der Waals surface area contributed by atoms with Gasteiger partial charge in [-0.2, -0.15) is 0 Å². The van der Waals surface area contributed by atoms with Gasteiger partial charge in [-0.3, -0.25) is 19.0 Å². The molecule has 0 saturated heterocycles. The Balaban J connectivity index is 1.63. The number of carbonyl (C=O) groups excluding carboxylic acids is 2. The number of halogens is 2. The maximum absolute atomic E-state index is 14.2. The van der Waals surface area contributed by atoms with Gasteiger partial charge in [-0.1, -0.05) is 13.8 Å². The number of hydrogen-bond acceptors (Lipinski definition) is 7. The molecular weight excluding hydrogens is 532 g/mol. The fourth-order valence-corrected chi connectivity index (χ4v) is 4.17. The predicted octanol–water partition coefficient (Wildman–Crippen LogP) is 5.04. The van der Waals surface area contributed by atoms with Crippen molar-refractivity contribution in [2.75, 3.05) is 18.9 Å². The Hall–Kier alpha value is -4.05. The molecule has 0 unspecified atom stereocenters. The number of ketones is 1. The summed E-state index contributed by atoms with van der Waals surface area (Å²) in [5, 5.41) is 3.26. The van der Waals surface area contributed by atoms with Crippen LogP contribution in [0.15, 0.2) is 59.4 Å². The maximum atomic E-state index is 14.2. The van der Waals surface area contributed by atoms with Crippen molar-refractivity contribution in [1.29, 1.82) is 0 Å². The van der Waals surface area contributed by atoms with Gasteiger partial charge in [-0.15, -0.1) is 0 Å². The van der Waals surface area contributed by atoms with Crippen molar-refractivity contribution in [3.63, 3.8) is 0 Å². The van der Waals surface area contributed by atoms with Gasteiger partial charge in [0.2, 0.25) is 0 Å². The fourth-order valence-electron chi connectivity index (χ4n) is 4.17. The minimum Gasteiger partial charge on any atom is -0.494 e. The molecule has 0 spiro atoms. The van der Waals surface area contributed by atoms with E-state index in [1.807, 2.05) is 34.6 Å². The molecule has 3 rings (SSSR count). The minimum absolute atomic E-state index is 0.0925. The molecule has 3 N–H and O–H groups in total. The van der Waals surface area contributed by atoms with E-state index in [0.29, 0.717) is 49.4 Å². The Morgan fingerprint density at radius 1 is 1.00 bits per heavy atom. The highest BCUT2D eigenvalue weighted by Gasteiger charge is 2.25. The van der Waals surface area contributed by atoms with Gasteiger partial charge in [-0.05, 0) is 88.5 Å². The molecular formula is C31H37F2N3O5. The van der Waals surface area contributed by atoms with Gasteiger partial charge in [0, 0.05) is 12.1 Å². The molecule has 1 atom stereocenters. The van der Waals surface area contributed by atoms with E-state index in [4.69, 9.17) is 15.2 Å². The molecule has 220 valence electrons. The summed E-state index contributed by atoms with van der Waals surface area (Å²) in [6.07, 6.45) is 1.29. The van der Waals surface area contributed by atoms with Gasteiger partial charge in [0.05, 0.1) is 23.4 Å². The first kappa shape index (κ1) is 31.5. The molecule has 0 aliphatic carbocycles. The van der Waals surface area contributed by atoms with Gasteiger partial charge in [0.15, 0.2) is 5.78 Å². The lowest BCUT2D eigenvalue weighted by molar-refractivity contribution is -0.158. The number of pyridine rings is 1. The lowest BCUT2D eigenvalue weighted by Crippen LogP contribution is -2.42. The topological polar surface area (TPSA) is 113 Å². The Kier molecular flexibility index (Phi) is 10.4. The predicted molar refractivity (Wildman–Crippen MR) is 153 cm³/mol. The van der Waals surface area contributed by atoms with Crippen molar-refractivity contribution < 1.29 is 27.8 Å². The number of benzene rings is 2. The highest BCUT2D eigenvalue weighted by molar-refractivity contribution is 6.11. The first-order chi connectivity index (χ1) is 19.3. The van der Waals surface area contributed by atoms with Crippen molar-refractivity contribution >= 4 is 17.6 Å². The molecule has 0 amide bonds. The van der Waals surface area contributed by atoms with Crippen LogP contribution in [0.25, 0.3) is 5.69 Å². The lowest BCUT2D eigenvalue weighted by Gasteiger charge is -2.25. The second-order valence-corrected chi connectivity index (χ2v) is 11.1. The molecule has 0 saturated carbocycles. The molecule has 0 aliphatic heterocycles.